The molecule has 3 heteroatoms. The topological polar surface area (TPSA) is 12.5 Å². The van der Waals surface area contributed by atoms with E-state index in [1.54, 1.807) is 0 Å². The van der Waals surface area contributed by atoms with Crippen molar-refractivity contribution in [1.82, 2.24) is 4.90 Å². The Labute approximate surface area is 144 Å². The highest BCUT2D eigenvalue weighted by Gasteiger charge is 2.17. The number of rotatable bonds is 4. The highest BCUT2D eigenvalue weighted by molar-refractivity contribution is 7.80. The molecule has 2 aromatic carbocycles. The van der Waals surface area contributed by atoms with Gasteiger partial charge in [-0.1, -0.05) is 54.2 Å². The second-order valence-corrected chi connectivity index (χ2v) is 6.51. The number of aryl methyl sites for hydroxylation is 1. The predicted octanol–water partition coefficient (Wildman–Crippen LogP) is 4.74. The molecule has 0 bridgehead atoms. The third kappa shape index (κ3) is 4.11. The third-order valence-corrected chi connectivity index (χ3v) is 4.75. The first-order valence-corrected chi connectivity index (χ1v) is 8.71. The van der Waals surface area contributed by atoms with Crippen molar-refractivity contribution >= 4 is 17.2 Å². The van der Waals surface area contributed by atoms with Gasteiger partial charge in [-0.25, -0.2) is 0 Å². The first-order valence-electron chi connectivity index (χ1n) is 8.31. The van der Waals surface area contributed by atoms with Crippen LogP contribution in [-0.2, 0) is 6.61 Å². The van der Waals surface area contributed by atoms with Crippen molar-refractivity contribution in [2.75, 3.05) is 13.1 Å². The van der Waals surface area contributed by atoms with Gasteiger partial charge in [0.2, 0.25) is 0 Å². The summed E-state index contributed by atoms with van der Waals surface area (Å²) in [4.78, 5) is 3.23. The largest absolute Gasteiger partial charge is 0.488 e. The van der Waals surface area contributed by atoms with Crippen LogP contribution in [0, 0.1) is 6.92 Å². The van der Waals surface area contributed by atoms with Crippen LogP contribution in [-0.4, -0.2) is 23.0 Å². The average Bonchev–Trinajstić information content (AvgIpc) is 2.62. The molecule has 120 valence electrons. The van der Waals surface area contributed by atoms with Crippen molar-refractivity contribution in [3.8, 4) is 5.75 Å². The van der Waals surface area contributed by atoms with E-state index in [1.807, 2.05) is 18.2 Å². The summed E-state index contributed by atoms with van der Waals surface area (Å²) in [6.45, 7) is 4.78. The van der Waals surface area contributed by atoms with Gasteiger partial charge in [0.1, 0.15) is 17.3 Å². The monoisotopic (exact) mass is 325 g/mol. The molecule has 1 aliphatic heterocycles. The lowest BCUT2D eigenvalue weighted by Gasteiger charge is -2.29. The molecule has 2 nitrogen and oxygen atoms in total. The van der Waals surface area contributed by atoms with Crippen LogP contribution in [0.1, 0.15) is 36.0 Å². The second kappa shape index (κ2) is 7.60. The van der Waals surface area contributed by atoms with Gasteiger partial charge < -0.3 is 9.64 Å². The summed E-state index contributed by atoms with van der Waals surface area (Å²) < 4.78 is 6.06. The van der Waals surface area contributed by atoms with Gasteiger partial charge >= 0.3 is 0 Å². The fraction of sp³-hybridized carbons (Fsp3) is 0.350. The van der Waals surface area contributed by atoms with E-state index in [9.17, 15) is 0 Å². The first kappa shape index (κ1) is 16.0. The van der Waals surface area contributed by atoms with Crippen LogP contribution in [0.5, 0.6) is 5.75 Å². The standard InChI is InChI=1S/C20H23NOS/c1-16-9-11-17(12-10-16)15-22-19-8-4-3-7-18(19)20(23)21-13-5-2-6-14-21/h3-4,7-12H,2,5-6,13-15H2,1H3. The molecule has 0 radical (unpaired) electrons. The van der Waals surface area contributed by atoms with Crippen molar-refractivity contribution < 1.29 is 4.74 Å². The number of para-hydroxylation sites is 1. The van der Waals surface area contributed by atoms with E-state index in [-0.39, 0.29) is 0 Å². The summed E-state index contributed by atoms with van der Waals surface area (Å²) in [5, 5.41) is 0. The Kier molecular flexibility index (Phi) is 5.29. The second-order valence-electron chi connectivity index (χ2n) is 6.12. The van der Waals surface area contributed by atoms with E-state index in [0.717, 1.165) is 29.4 Å². The maximum absolute atomic E-state index is 6.06. The zero-order valence-corrected chi connectivity index (χ0v) is 14.4. The Morgan fingerprint density at radius 3 is 2.43 bits per heavy atom. The lowest BCUT2D eigenvalue weighted by molar-refractivity contribution is 0.303. The summed E-state index contributed by atoms with van der Waals surface area (Å²) in [7, 11) is 0. The van der Waals surface area contributed by atoms with Crippen molar-refractivity contribution in [3.05, 3.63) is 65.2 Å². The van der Waals surface area contributed by atoms with E-state index in [0.29, 0.717) is 6.61 Å². The van der Waals surface area contributed by atoms with Crippen LogP contribution >= 0.6 is 12.2 Å². The molecule has 0 amide bonds. The normalized spacial score (nSPS) is 14.6. The van der Waals surface area contributed by atoms with Gasteiger partial charge in [-0.15, -0.1) is 0 Å². The Balaban J connectivity index is 1.72. The molecule has 0 aliphatic carbocycles. The maximum atomic E-state index is 6.06. The van der Waals surface area contributed by atoms with Crippen molar-refractivity contribution in [1.29, 1.82) is 0 Å². The molecule has 1 aliphatic rings. The van der Waals surface area contributed by atoms with Gasteiger partial charge in [0.15, 0.2) is 0 Å². The number of hydrogen-bond donors (Lipinski definition) is 0. The molecular weight excluding hydrogens is 302 g/mol. The number of benzene rings is 2. The Morgan fingerprint density at radius 1 is 1.00 bits per heavy atom. The van der Waals surface area contributed by atoms with Crippen LogP contribution in [0.25, 0.3) is 0 Å². The van der Waals surface area contributed by atoms with Gasteiger partial charge in [0, 0.05) is 13.1 Å². The fourth-order valence-corrected chi connectivity index (χ4v) is 3.23. The van der Waals surface area contributed by atoms with Crippen molar-refractivity contribution in [2.45, 2.75) is 32.8 Å². The van der Waals surface area contributed by atoms with E-state index in [2.05, 4.69) is 42.2 Å². The number of piperidine rings is 1. The van der Waals surface area contributed by atoms with E-state index < -0.39 is 0 Å². The predicted molar refractivity (Wildman–Crippen MR) is 99.1 cm³/mol. The van der Waals surface area contributed by atoms with Gasteiger partial charge in [-0.2, -0.15) is 0 Å². The maximum Gasteiger partial charge on any atom is 0.130 e. The molecule has 1 heterocycles. The SMILES string of the molecule is Cc1ccc(COc2ccccc2C(=S)N2CCCCC2)cc1. The van der Waals surface area contributed by atoms with Gasteiger partial charge in [-0.3, -0.25) is 0 Å². The Bertz CT molecular complexity index is 660. The Hall–Kier alpha value is -1.87. The summed E-state index contributed by atoms with van der Waals surface area (Å²) >= 11 is 5.72. The minimum absolute atomic E-state index is 0.569. The third-order valence-electron chi connectivity index (χ3n) is 4.28. The smallest absolute Gasteiger partial charge is 0.130 e. The molecule has 0 saturated carbocycles. The van der Waals surface area contributed by atoms with Crippen LogP contribution in [0.4, 0.5) is 0 Å². The summed E-state index contributed by atoms with van der Waals surface area (Å²) in [5.74, 6) is 0.878. The number of likely N-dealkylation sites (tertiary alicyclic amines) is 1. The molecule has 1 saturated heterocycles. The van der Waals surface area contributed by atoms with Crippen LogP contribution in [0.15, 0.2) is 48.5 Å². The lowest BCUT2D eigenvalue weighted by atomic mass is 10.1. The summed E-state index contributed by atoms with van der Waals surface area (Å²) in [6.07, 6.45) is 3.77. The van der Waals surface area contributed by atoms with Gasteiger partial charge in [0.05, 0.1) is 5.56 Å². The molecule has 0 atom stereocenters. The zero-order valence-electron chi connectivity index (χ0n) is 13.6. The number of hydrogen-bond acceptors (Lipinski definition) is 2. The van der Waals surface area contributed by atoms with Crippen molar-refractivity contribution in [3.63, 3.8) is 0 Å². The minimum atomic E-state index is 0.569. The molecule has 0 aromatic heterocycles. The van der Waals surface area contributed by atoms with E-state index >= 15 is 0 Å². The van der Waals surface area contributed by atoms with E-state index in [1.165, 1.54) is 30.4 Å². The minimum Gasteiger partial charge on any atom is -0.488 e. The quantitative estimate of drug-likeness (QED) is 0.754. The van der Waals surface area contributed by atoms with Crippen LogP contribution in [0.2, 0.25) is 0 Å². The van der Waals surface area contributed by atoms with Gasteiger partial charge in [0.25, 0.3) is 0 Å². The molecule has 0 N–H and O–H groups in total. The number of nitrogens with zero attached hydrogens (tertiary/aromatic N) is 1. The fourth-order valence-electron chi connectivity index (χ4n) is 2.88. The molecular formula is C20H23NOS. The lowest BCUT2D eigenvalue weighted by Crippen LogP contribution is -2.35. The molecule has 0 unspecified atom stereocenters. The van der Waals surface area contributed by atoms with Crippen LogP contribution < -0.4 is 4.74 Å². The highest BCUT2D eigenvalue weighted by Crippen LogP contribution is 2.23. The molecule has 2 aromatic rings. The van der Waals surface area contributed by atoms with E-state index in [4.69, 9.17) is 17.0 Å². The molecule has 23 heavy (non-hydrogen) atoms. The average molecular weight is 325 g/mol. The number of ether oxygens (including phenoxy) is 1. The van der Waals surface area contributed by atoms with Crippen molar-refractivity contribution in [2.24, 2.45) is 0 Å². The molecule has 1 fully saturated rings. The summed E-state index contributed by atoms with van der Waals surface area (Å²) in [6, 6.07) is 16.6. The highest BCUT2D eigenvalue weighted by atomic mass is 32.1. The first-order chi connectivity index (χ1) is 11.2. The Morgan fingerprint density at radius 2 is 1.70 bits per heavy atom. The zero-order chi connectivity index (χ0) is 16.1. The van der Waals surface area contributed by atoms with Gasteiger partial charge in [-0.05, 0) is 43.9 Å². The molecule has 3 rings (SSSR count). The number of thiocarbonyl (C=S) groups is 1. The molecule has 0 spiro atoms. The van der Waals surface area contributed by atoms with Crippen LogP contribution in [0.3, 0.4) is 0 Å². The summed E-state index contributed by atoms with van der Waals surface area (Å²) in [5.41, 5.74) is 3.48.